The van der Waals surface area contributed by atoms with E-state index in [1.807, 2.05) is 0 Å². The molecular weight excluding hydrogens is 254 g/mol. The first-order valence-electron chi connectivity index (χ1n) is 5.93. The Morgan fingerprint density at radius 3 is 2.94 bits per heavy atom. The van der Waals surface area contributed by atoms with Gasteiger partial charge >= 0.3 is 0 Å². The minimum absolute atomic E-state index is 0.138. The van der Waals surface area contributed by atoms with E-state index in [1.54, 1.807) is 18.2 Å². The summed E-state index contributed by atoms with van der Waals surface area (Å²) < 4.78 is 5.61. The van der Waals surface area contributed by atoms with E-state index < -0.39 is 11.3 Å². The van der Waals surface area contributed by atoms with Gasteiger partial charge in [-0.3, -0.25) is 9.59 Å². The number of anilines is 1. The van der Waals surface area contributed by atoms with Crippen LogP contribution in [0.15, 0.2) is 18.2 Å². The van der Waals surface area contributed by atoms with Crippen LogP contribution < -0.4 is 10.1 Å². The average Bonchev–Trinajstić information content (AvgIpc) is 2.35. The standard InChI is InChI=1S/C13H14ClNO3/c1-2-3-4-10-13(17)15-9-6-5-8(12(14)16)7-11(9)18-10/h5-7,10H,2-4H2,1H3,(H,15,17). The Morgan fingerprint density at radius 2 is 2.28 bits per heavy atom. The molecule has 0 aromatic heterocycles. The molecule has 18 heavy (non-hydrogen) atoms. The lowest BCUT2D eigenvalue weighted by Gasteiger charge is -2.26. The molecule has 1 amide bonds. The Kier molecular flexibility index (Phi) is 3.87. The van der Waals surface area contributed by atoms with E-state index in [9.17, 15) is 9.59 Å². The largest absolute Gasteiger partial charge is 0.478 e. The van der Waals surface area contributed by atoms with Gasteiger partial charge in [0.2, 0.25) is 0 Å². The van der Waals surface area contributed by atoms with E-state index in [4.69, 9.17) is 16.3 Å². The fourth-order valence-corrected chi connectivity index (χ4v) is 1.96. The third kappa shape index (κ3) is 2.64. The molecule has 5 heteroatoms. The number of carbonyl (C=O) groups excluding carboxylic acids is 2. The van der Waals surface area contributed by atoms with E-state index in [2.05, 4.69) is 12.2 Å². The van der Waals surface area contributed by atoms with Crippen LogP contribution in [0.2, 0.25) is 0 Å². The van der Waals surface area contributed by atoms with Crippen molar-refractivity contribution >= 4 is 28.4 Å². The Labute approximate surface area is 110 Å². The molecule has 0 bridgehead atoms. The fourth-order valence-electron chi connectivity index (χ4n) is 1.84. The summed E-state index contributed by atoms with van der Waals surface area (Å²) in [5.41, 5.74) is 0.940. The van der Waals surface area contributed by atoms with Gasteiger partial charge in [-0.25, -0.2) is 0 Å². The summed E-state index contributed by atoms with van der Waals surface area (Å²) in [4.78, 5) is 22.8. The van der Waals surface area contributed by atoms with Gasteiger partial charge < -0.3 is 10.1 Å². The van der Waals surface area contributed by atoms with Crippen molar-refractivity contribution in [3.05, 3.63) is 23.8 Å². The first-order valence-corrected chi connectivity index (χ1v) is 6.31. The van der Waals surface area contributed by atoms with Gasteiger partial charge in [0.1, 0.15) is 5.75 Å². The molecule has 0 radical (unpaired) electrons. The molecule has 96 valence electrons. The lowest BCUT2D eigenvalue weighted by molar-refractivity contribution is -0.123. The van der Waals surface area contributed by atoms with Crippen molar-refractivity contribution in [2.45, 2.75) is 32.3 Å². The van der Waals surface area contributed by atoms with Crippen LogP contribution in [-0.4, -0.2) is 17.3 Å². The smallest absolute Gasteiger partial charge is 0.265 e. The lowest BCUT2D eigenvalue weighted by atomic mass is 10.1. The third-order valence-corrected chi connectivity index (χ3v) is 3.07. The Bertz CT molecular complexity index is 487. The molecule has 1 unspecified atom stereocenters. The summed E-state index contributed by atoms with van der Waals surface area (Å²) in [6, 6.07) is 4.74. The number of halogens is 1. The molecule has 0 spiro atoms. The van der Waals surface area contributed by atoms with Crippen molar-refractivity contribution < 1.29 is 14.3 Å². The van der Waals surface area contributed by atoms with Crippen LogP contribution in [0, 0.1) is 0 Å². The molecule has 1 heterocycles. The fraction of sp³-hybridized carbons (Fsp3) is 0.385. The molecule has 0 aliphatic carbocycles. The van der Waals surface area contributed by atoms with Gasteiger partial charge in [0, 0.05) is 5.56 Å². The molecule has 1 atom stereocenters. The number of hydrogen-bond donors (Lipinski definition) is 1. The molecule has 4 nitrogen and oxygen atoms in total. The second-order valence-corrected chi connectivity index (χ2v) is 4.57. The summed E-state index contributed by atoms with van der Waals surface area (Å²) in [5.74, 6) is 0.364. The zero-order valence-electron chi connectivity index (χ0n) is 10.0. The molecular formula is C13H14ClNO3. The predicted octanol–water partition coefficient (Wildman–Crippen LogP) is 2.96. The zero-order valence-corrected chi connectivity index (χ0v) is 10.8. The summed E-state index contributed by atoms with van der Waals surface area (Å²) in [7, 11) is 0. The topological polar surface area (TPSA) is 55.4 Å². The maximum absolute atomic E-state index is 11.8. The number of rotatable bonds is 4. The van der Waals surface area contributed by atoms with Crippen LogP contribution in [-0.2, 0) is 4.79 Å². The van der Waals surface area contributed by atoms with E-state index >= 15 is 0 Å². The highest BCUT2D eigenvalue weighted by molar-refractivity contribution is 6.67. The predicted molar refractivity (Wildman–Crippen MR) is 69.2 cm³/mol. The first-order chi connectivity index (χ1) is 8.61. The second-order valence-electron chi connectivity index (χ2n) is 4.22. The molecule has 1 aromatic rings. The van der Waals surface area contributed by atoms with Crippen molar-refractivity contribution in [1.29, 1.82) is 0 Å². The summed E-state index contributed by atoms with van der Waals surface area (Å²) in [6.07, 6.45) is 2.10. The van der Waals surface area contributed by atoms with Crippen LogP contribution in [0.1, 0.15) is 36.5 Å². The Hall–Kier alpha value is -1.55. The highest BCUT2D eigenvalue weighted by Crippen LogP contribution is 2.32. The summed E-state index contributed by atoms with van der Waals surface area (Å²) >= 11 is 5.41. The lowest BCUT2D eigenvalue weighted by Crippen LogP contribution is -2.36. The van der Waals surface area contributed by atoms with Crippen LogP contribution >= 0.6 is 11.6 Å². The van der Waals surface area contributed by atoms with Gasteiger partial charge in [0.05, 0.1) is 5.69 Å². The highest BCUT2D eigenvalue weighted by atomic mass is 35.5. The van der Waals surface area contributed by atoms with Gasteiger partial charge in [-0.05, 0) is 42.6 Å². The van der Waals surface area contributed by atoms with Crippen LogP contribution in [0.5, 0.6) is 5.75 Å². The Morgan fingerprint density at radius 1 is 1.50 bits per heavy atom. The summed E-state index contributed by atoms with van der Waals surface area (Å²) in [6.45, 7) is 2.05. The van der Waals surface area contributed by atoms with Crippen molar-refractivity contribution in [3.63, 3.8) is 0 Å². The molecule has 1 aliphatic rings. The van der Waals surface area contributed by atoms with Crippen molar-refractivity contribution in [2.24, 2.45) is 0 Å². The summed E-state index contributed by atoms with van der Waals surface area (Å²) in [5, 5.41) is 2.23. The van der Waals surface area contributed by atoms with Crippen molar-refractivity contribution in [1.82, 2.24) is 0 Å². The Balaban J connectivity index is 2.21. The maximum Gasteiger partial charge on any atom is 0.265 e. The molecule has 0 fully saturated rings. The molecule has 0 saturated heterocycles. The number of amides is 1. The minimum atomic E-state index is -0.539. The molecule has 0 saturated carbocycles. The number of carbonyl (C=O) groups is 2. The second kappa shape index (κ2) is 5.40. The number of benzene rings is 1. The van der Waals surface area contributed by atoms with E-state index in [1.165, 1.54) is 0 Å². The van der Waals surface area contributed by atoms with Crippen LogP contribution in [0.3, 0.4) is 0 Å². The van der Waals surface area contributed by atoms with E-state index in [0.717, 1.165) is 12.8 Å². The normalized spacial score (nSPS) is 17.7. The maximum atomic E-state index is 11.8. The molecule has 1 N–H and O–H groups in total. The van der Waals surface area contributed by atoms with Gasteiger partial charge in [0.25, 0.3) is 11.1 Å². The number of nitrogens with one attached hydrogen (secondary N) is 1. The number of unbranched alkanes of at least 4 members (excludes halogenated alkanes) is 1. The van der Waals surface area contributed by atoms with E-state index in [0.29, 0.717) is 23.4 Å². The van der Waals surface area contributed by atoms with E-state index in [-0.39, 0.29) is 5.91 Å². The minimum Gasteiger partial charge on any atom is -0.478 e. The van der Waals surface area contributed by atoms with Gasteiger partial charge in [-0.2, -0.15) is 0 Å². The van der Waals surface area contributed by atoms with Gasteiger partial charge in [-0.1, -0.05) is 13.3 Å². The van der Waals surface area contributed by atoms with Gasteiger partial charge in [-0.15, -0.1) is 0 Å². The number of hydrogen-bond acceptors (Lipinski definition) is 3. The SMILES string of the molecule is CCCCC1Oc2cc(C(=O)Cl)ccc2NC1=O. The van der Waals surface area contributed by atoms with Crippen LogP contribution in [0.4, 0.5) is 5.69 Å². The van der Waals surface area contributed by atoms with Crippen LogP contribution in [0.25, 0.3) is 0 Å². The average molecular weight is 268 g/mol. The molecule has 1 aromatic carbocycles. The zero-order chi connectivity index (χ0) is 13.1. The highest BCUT2D eigenvalue weighted by Gasteiger charge is 2.27. The van der Waals surface area contributed by atoms with Gasteiger partial charge in [0.15, 0.2) is 6.10 Å². The number of ether oxygens (including phenoxy) is 1. The van der Waals surface area contributed by atoms with Crippen molar-refractivity contribution in [3.8, 4) is 5.75 Å². The quantitative estimate of drug-likeness (QED) is 0.854. The molecule has 2 rings (SSSR count). The first kappa shape index (κ1) is 12.9. The number of fused-ring (bicyclic) bond motifs is 1. The third-order valence-electron chi connectivity index (χ3n) is 2.85. The molecule has 1 aliphatic heterocycles. The monoisotopic (exact) mass is 267 g/mol. The van der Waals surface area contributed by atoms with Crippen molar-refractivity contribution in [2.75, 3.05) is 5.32 Å².